The van der Waals surface area contributed by atoms with Gasteiger partial charge in [0.25, 0.3) is 0 Å². The van der Waals surface area contributed by atoms with Crippen LogP contribution in [0.3, 0.4) is 0 Å². The summed E-state index contributed by atoms with van der Waals surface area (Å²) in [6.45, 7) is 3.00. The summed E-state index contributed by atoms with van der Waals surface area (Å²) in [6, 6.07) is 3.90. The molecule has 0 aliphatic carbocycles. The molecule has 0 bridgehead atoms. The third kappa shape index (κ3) is 8.75. The molecule has 5 heteroatoms. The van der Waals surface area contributed by atoms with Crippen molar-refractivity contribution in [3.8, 4) is 0 Å². The first kappa shape index (κ1) is 17.2. The number of nitrogens with one attached hydrogen (secondary N) is 1. The van der Waals surface area contributed by atoms with Crippen molar-refractivity contribution in [3.05, 3.63) is 24.2 Å². The lowest BCUT2D eigenvalue weighted by molar-refractivity contribution is 0.390. The van der Waals surface area contributed by atoms with Gasteiger partial charge in [0, 0.05) is 0 Å². The largest absolute Gasteiger partial charge is 0.468 e. The highest BCUT2D eigenvalue weighted by Gasteiger charge is 1.94. The van der Waals surface area contributed by atoms with Crippen molar-refractivity contribution in [2.45, 2.75) is 13.0 Å². The van der Waals surface area contributed by atoms with Crippen molar-refractivity contribution < 1.29 is 4.42 Å². The highest BCUT2D eigenvalue weighted by molar-refractivity contribution is 5.85. The van der Waals surface area contributed by atoms with E-state index in [2.05, 4.69) is 24.3 Å². The van der Waals surface area contributed by atoms with Crippen LogP contribution in [-0.2, 0) is 6.54 Å². The molecule has 0 fully saturated rings. The van der Waals surface area contributed by atoms with Crippen molar-refractivity contribution in [1.29, 1.82) is 0 Å². The van der Waals surface area contributed by atoms with Crippen LogP contribution in [0.1, 0.15) is 12.2 Å². The number of furan rings is 1. The van der Waals surface area contributed by atoms with Gasteiger partial charge in [-0.1, -0.05) is 0 Å². The summed E-state index contributed by atoms with van der Waals surface area (Å²) in [4.78, 5) is 2.19. The zero-order valence-corrected chi connectivity index (χ0v) is 10.9. The summed E-state index contributed by atoms with van der Waals surface area (Å²) in [5.74, 6) is 1.00. The van der Waals surface area contributed by atoms with E-state index in [9.17, 15) is 0 Å². The number of hydrogen-bond donors (Lipinski definition) is 1. The number of halogens is 2. The third-order valence-corrected chi connectivity index (χ3v) is 1.84. The normalized spacial score (nSPS) is 9.53. The monoisotopic (exact) mass is 254 g/mol. The lowest BCUT2D eigenvalue weighted by atomic mass is 10.4. The molecule has 1 aromatic rings. The molecule has 15 heavy (non-hydrogen) atoms. The molecule has 0 atom stereocenters. The van der Waals surface area contributed by atoms with Crippen molar-refractivity contribution in [1.82, 2.24) is 10.2 Å². The van der Waals surface area contributed by atoms with Crippen molar-refractivity contribution in [3.63, 3.8) is 0 Å². The average Bonchev–Trinajstić information content (AvgIpc) is 2.55. The average molecular weight is 255 g/mol. The molecule has 1 N–H and O–H groups in total. The summed E-state index contributed by atoms with van der Waals surface area (Å²) < 4.78 is 5.19. The second-order valence-electron chi connectivity index (χ2n) is 3.41. The minimum atomic E-state index is 0. The van der Waals surface area contributed by atoms with Crippen LogP contribution in [0.25, 0.3) is 0 Å². The first-order valence-electron chi connectivity index (χ1n) is 4.67. The van der Waals surface area contributed by atoms with E-state index < -0.39 is 0 Å². The van der Waals surface area contributed by atoms with Crippen LogP contribution in [0.4, 0.5) is 0 Å². The van der Waals surface area contributed by atoms with Crippen LogP contribution >= 0.6 is 24.8 Å². The van der Waals surface area contributed by atoms with Gasteiger partial charge in [0.2, 0.25) is 0 Å². The molecular weight excluding hydrogens is 235 g/mol. The van der Waals surface area contributed by atoms with E-state index in [4.69, 9.17) is 4.42 Å². The Balaban J connectivity index is 0. The van der Waals surface area contributed by atoms with Gasteiger partial charge >= 0.3 is 0 Å². The highest BCUT2D eigenvalue weighted by atomic mass is 35.5. The molecule has 0 aliphatic heterocycles. The van der Waals surface area contributed by atoms with E-state index in [0.29, 0.717) is 0 Å². The fourth-order valence-corrected chi connectivity index (χ4v) is 1.15. The maximum absolute atomic E-state index is 5.19. The van der Waals surface area contributed by atoms with Crippen molar-refractivity contribution in [2.24, 2.45) is 0 Å². The second kappa shape index (κ2) is 10.3. The lowest BCUT2D eigenvalue weighted by Crippen LogP contribution is -2.20. The van der Waals surface area contributed by atoms with E-state index in [1.807, 2.05) is 12.1 Å². The van der Waals surface area contributed by atoms with Gasteiger partial charge in [0.15, 0.2) is 0 Å². The third-order valence-electron chi connectivity index (χ3n) is 1.84. The Morgan fingerprint density at radius 2 is 2.07 bits per heavy atom. The molecule has 0 spiro atoms. The Morgan fingerprint density at radius 1 is 1.33 bits per heavy atom. The molecule has 0 unspecified atom stereocenters. The lowest BCUT2D eigenvalue weighted by Gasteiger charge is -2.08. The van der Waals surface area contributed by atoms with Gasteiger partial charge < -0.3 is 14.6 Å². The molecule has 0 amide bonds. The summed E-state index contributed by atoms with van der Waals surface area (Å²) >= 11 is 0. The molecule has 0 radical (unpaired) electrons. The quantitative estimate of drug-likeness (QED) is 0.790. The molecule has 1 rings (SSSR count). The van der Waals surface area contributed by atoms with E-state index in [1.165, 1.54) is 6.42 Å². The Bertz CT molecular complexity index is 215. The van der Waals surface area contributed by atoms with Crippen LogP contribution < -0.4 is 5.32 Å². The first-order chi connectivity index (χ1) is 6.29. The van der Waals surface area contributed by atoms with Crippen LogP contribution in [0.15, 0.2) is 22.8 Å². The Labute approximate surface area is 104 Å². The van der Waals surface area contributed by atoms with Gasteiger partial charge in [0.05, 0.1) is 12.8 Å². The predicted octanol–water partition coefficient (Wildman–Crippen LogP) is 2.16. The van der Waals surface area contributed by atoms with Crippen LogP contribution in [-0.4, -0.2) is 32.1 Å². The number of hydrogen-bond acceptors (Lipinski definition) is 3. The summed E-state index contributed by atoms with van der Waals surface area (Å²) in [6.07, 6.45) is 2.88. The summed E-state index contributed by atoms with van der Waals surface area (Å²) in [5, 5.41) is 3.32. The van der Waals surface area contributed by atoms with E-state index in [-0.39, 0.29) is 24.8 Å². The maximum Gasteiger partial charge on any atom is 0.117 e. The van der Waals surface area contributed by atoms with Gasteiger partial charge in [-0.05, 0) is 45.7 Å². The Morgan fingerprint density at radius 3 is 2.60 bits per heavy atom. The molecule has 90 valence electrons. The fourth-order valence-electron chi connectivity index (χ4n) is 1.15. The fraction of sp³-hybridized carbons (Fsp3) is 0.600. The maximum atomic E-state index is 5.19. The standard InChI is InChI=1S/C10H18N2O.2ClH/c1-12(2)7-4-6-11-9-10-5-3-8-13-10;;/h3,5,8,11H,4,6-7,9H2,1-2H3;2*1H. The summed E-state index contributed by atoms with van der Waals surface area (Å²) in [7, 11) is 4.18. The van der Waals surface area contributed by atoms with E-state index >= 15 is 0 Å². The van der Waals surface area contributed by atoms with Gasteiger partial charge in [0.1, 0.15) is 5.76 Å². The van der Waals surface area contributed by atoms with Crippen LogP contribution in [0.2, 0.25) is 0 Å². The number of rotatable bonds is 6. The zero-order valence-electron chi connectivity index (χ0n) is 9.23. The molecule has 0 saturated heterocycles. The van der Waals surface area contributed by atoms with Crippen molar-refractivity contribution >= 4 is 24.8 Å². The van der Waals surface area contributed by atoms with Gasteiger partial charge in [-0.15, -0.1) is 24.8 Å². The van der Waals surface area contributed by atoms with Crippen LogP contribution in [0, 0.1) is 0 Å². The molecular formula is C10H20Cl2N2O. The Hall–Kier alpha value is -0.220. The minimum absolute atomic E-state index is 0. The molecule has 1 aromatic heterocycles. The topological polar surface area (TPSA) is 28.4 Å². The molecule has 1 heterocycles. The molecule has 0 aromatic carbocycles. The SMILES string of the molecule is CN(C)CCCNCc1ccco1.Cl.Cl. The second-order valence-corrected chi connectivity index (χ2v) is 3.41. The van der Waals surface area contributed by atoms with Gasteiger partial charge in [-0.3, -0.25) is 0 Å². The smallest absolute Gasteiger partial charge is 0.117 e. The van der Waals surface area contributed by atoms with E-state index in [1.54, 1.807) is 6.26 Å². The zero-order chi connectivity index (χ0) is 9.52. The minimum Gasteiger partial charge on any atom is -0.468 e. The van der Waals surface area contributed by atoms with Crippen molar-refractivity contribution in [2.75, 3.05) is 27.2 Å². The predicted molar refractivity (Wildman–Crippen MR) is 68.1 cm³/mol. The first-order valence-corrected chi connectivity index (χ1v) is 4.67. The van der Waals surface area contributed by atoms with Crippen LogP contribution in [0.5, 0.6) is 0 Å². The Kier molecular flexibility index (Phi) is 11.8. The number of nitrogens with zero attached hydrogens (tertiary/aromatic N) is 1. The van der Waals surface area contributed by atoms with Gasteiger partial charge in [-0.2, -0.15) is 0 Å². The molecule has 0 aliphatic rings. The van der Waals surface area contributed by atoms with E-state index in [0.717, 1.165) is 25.4 Å². The molecule has 0 saturated carbocycles. The summed E-state index contributed by atoms with van der Waals surface area (Å²) in [5.41, 5.74) is 0. The highest BCUT2D eigenvalue weighted by Crippen LogP contribution is 1.98. The van der Waals surface area contributed by atoms with Gasteiger partial charge in [-0.25, -0.2) is 0 Å². The molecule has 3 nitrogen and oxygen atoms in total.